The van der Waals surface area contributed by atoms with Gasteiger partial charge in [0.15, 0.2) is 0 Å². The van der Waals surface area contributed by atoms with Gasteiger partial charge in [-0.3, -0.25) is 9.69 Å². The molecular formula is C21H22F3N3O. The third-order valence-corrected chi connectivity index (χ3v) is 5.49. The zero-order valence-corrected chi connectivity index (χ0v) is 15.4. The number of hydrogen-bond acceptors (Lipinski definition) is 3. The monoisotopic (exact) mass is 389 g/mol. The Morgan fingerprint density at radius 3 is 2.86 bits per heavy atom. The van der Waals surface area contributed by atoms with Crippen molar-refractivity contribution >= 4 is 5.91 Å². The molecule has 0 saturated carbocycles. The lowest BCUT2D eigenvalue weighted by atomic mass is 9.90. The second kappa shape index (κ2) is 7.56. The van der Waals surface area contributed by atoms with Gasteiger partial charge < -0.3 is 10.6 Å². The fourth-order valence-corrected chi connectivity index (χ4v) is 4.02. The van der Waals surface area contributed by atoms with Crippen LogP contribution in [0.1, 0.15) is 38.7 Å². The molecule has 0 aromatic heterocycles. The summed E-state index contributed by atoms with van der Waals surface area (Å²) in [6, 6.07) is 11.1. The van der Waals surface area contributed by atoms with Crippen LogP contribution in [0.4, 0.5) is 13.2 Å². The first-order chi connectivity index (χ1) is 13.4. The zero-order chi connectivity index (χ0) is 19.7. The highest BCUT2D eigenvalue weighted by molar-refractivity contribution is 5.94. The summed E-state index contributed by atoms with van der Waals surface area (Å²) >= 11 is 0. The van der Waals surface area contributed by atoms with E-state index in [0.29, 0.717) is 17.2 Å². The van der Waals surface area contributed by atoms with Crippen LogP contribution in [0.5, 0.6) is 0 Å². The molecule has 0 aliphatic carbocycles. The first-order valence-corrected chi connectivity index (χ1v) is 9.44. The summed E-state index contributed by atoms with van der Waals surface area (Å²) in [6.07, 6.45) is -3.49. The predicted molar refractivity (Wildman–Crippen MR) is 99.9 cm³/mol. The van der Waals surface area contributed by atoms with Gasteiger partial charge in [0.2, 0.25) is 0 Å². The van der Waals surface area contributed by atoms with Crippen molar-refractivity contribution in [2.75, 3.05) is 26.2 Å². The fraction of sp³-hybridized carbons (Fsp3) is 0.381. The lowest BCUT2D eigenvalue weighted by Gasteiger charge is -2.41. The van der Waals surface area contributed by atoms with E-state index >= 15 is 0 Å². The number of nitrogens with zero attached hydrogens (tertiary/aromatic N) is 1. The molecule has 28 heavy (non-hydrogen) atoms. The van der Waals surface area contributed by atoms with Crippen LogP contribution in [0, 0.1) is 0 Å². The molecule has 148 valence electrons. The molecule has 7 heteroatoms. The number of piperazine rings is 1. The van der Waals surface area contributed by atoms with Crippen molar-refractivity contribution in [2.24, 2.45) is 0 Å². The number of nitrogens with one attached hydrogen (secondary N) is 2. The molecule has 2 aromatic carbocycles. The summed E-state index contributed by atoms with van der Waals surface area (Å²) in [5.74, 6) is -0.274. The summed E-state index contributed by atoms with van der Waals surface area (Å²) in [5, 5.41) is 6.14. The van der Waals surface area contributed by atoms with Gasteiger partial charge in [0.1, 0.15) is 0 Å². The van der Waals surface area contributed by atoms with Gasteiger partial charge in [-0.15, -0.1) is 0 Å². The molecule has 0 radical (unpaired) electrons. The zero-order valence-electron chi connectivity index (χ0n) is 15.4. The molecule has 2 aliphatic rings. The Kier molecular flexibility index (Phi) is 5.12. The van der Waals surface area contributed by atoms with Crippen molar-refractivity contribution in [1.82, 2.24) is 15.5 Å². The van der Waals surface area contributed by atoms with Crippen molar-refractivity contribution in [3.8, 4) is 0 Å². The number of halogens is 3. The second-order valence-electron chi connectivity index (χ2n) is 7.30. The Morgan fingerprint density at radius 1 is 1.18 bits per heavy atom. The molecule has 2 heterocycles. The average molecular weight is 389 g/mol. The lowest BCUT2D eigenvalue weighted by molar-refractivity contribution is -0.137. The van der Waals surface area contributed by atoms with Crippen LogP contribution in [-0.4, -0.2) is 37.0 Å². The van der Waals surface area contributed by atoms with Crippen molar-refractivity contribution in [3.05, 3.63) is 70.3 Å². The molecule has 1 amide bonds. The van der Waals surface area contributed by atoms with E-state index < -0.39 is 11.7 Å². The molecule has 4 nitrogen and oxygen atoms in total. The minimum atomic E-state index is -4.39. The summed E-state index contributed by atoms with van der Waals surface area (Å²) in [4.78, 5) is 15.0. The Labute approximate surface area is 161 Å². The molecule has 1 fully saturated rings. The van der Waals surface area contributed by atoms with E-state index in [1.54, 1.807) is 12.1 Å². The number of alkyl halides is 3. The largest absolute Gasteiger partial charge is 0.416 e. The first kappa shape index (κ1) is 19.0. The Bertz CT molecular complexity index is 881. The van der Waals surface area contributed by atoms with Gasteiger partial charge in [-0.2, -0.15) is 13.2 Å². The maximum atomic E-state index is 12.8. The Morgan fingerprint density at radius 2 is 2.04 bits per heavy atom. The third-order valence-electron chi connectivity index (χ3n) is 5.49. The van der Waals surface area contributed by atoms with E-state index in [2.05, 4.69) is 15.5 Å². The summed E-state index contributed by atoms with van der Waals surface area (Å²) < 4.78 is 38.4. The van der Waals surface area contributed by atoms with Crippen LogP contribution < -0.4 is 10.6 Å². The van der Waals surface area contributed by atoms with Crippen LogP contribution in [0.3, 0.4) is 0 Å². The van der Waals surface area contributed by atoms with E-state index in [1.165, 1.54) is 17.2 Å². The number of amides is 1. The SMILES string of the molecule is O=C(NCc1cccc(C(F)(F)F)c1)c1ccc2c(c1)CCN1CCNCC21. The van der Waals surface area contributed by atoms with Gasteiger partial charge >= 0.3 is 6.18 Å². The lowest BCUT2D eigenvalue weighted by Crippen LogP contribution is -2.48. The molecule has 2 N–H and O–H groups in total. The molecule has 4 rings (SSSR count). The van der Waals surface area contributed by atoms with Gasteiger partial charge in [0.25, 0.3) is 5.91 Å². The number of rotatable bonds is 3. The van der Waals surface area contributed by atoms with Crippen molar-refractivity contribution in [2.45, 2.75) is 25.2 Å². The van der Waals surface area contributed by atoms with E-state index in [4.69, 9.17) is 0 Å². The maximum absolute atomic E-state index is 12.8. The van der Waals surface area contributed by atoms with Gasteiger partial charge in [0, 0.05) is 44.3 Å². The highest BCUT2D eigenvalue weighted by atomic mass is 19.4. The van der Waals surface area contributed by atoms with E-state index in [-0.39, 0.29) is 12.5 Å². The maximum Gasteiger partial charge on any atom is 0.416 e. The average Bonchev–Trinajstić information content (AvgIpc) is 2.71. The van der Waals surface area contributed by atoms with Gasteiger partial charge in [-0.25, -0.2) is 0 Å². The third kappa shape index (κ3) is 3.91. The van der Waals surface area contributed by atoms with E-state index in [0.717, 1.165) is 44.7 Å². The molecular weight excluding hydrogens is 367 g/mol. The van der Waals surface area contributed by atoms with Crippen LogP contribution in [0.15, 0.2) is 42.5 Å². The van der Waals surface area contributed by atoms with Gasteiger partial charge in [0.05, 0.1) is 5.56 Å². The Balaban J connectivity index is 1.45. The number of carbonyl (C=O) groups is 1. The van der Waals surface area contributed by atoms with Crippen LogP contribution in [0.25, 0.3) is 0 Å². The van der Waals surface area contributed by atoms with Crippen LogP contribution >= 0.6 is 0 Å². The number of fused-ring (bicyclic) bond motifs is 3. The minimum Gasteiger partial charge on any atom is -0.348 e. The van der Waals surface area contributed by atoms with Crippen LogP contribution in [-0.2, 0) is 19.1 Å². The first-order valence-electron chi connectivity index (χ1n) is 9.44. The normalized spacial score (nSPS) is 19.6. The molecule has 1 saturated heterocycles. The fourth-order valence-electron chi connectivity index (χ4n) is 4.02. The van der Waals surface area contributed by atoms with Crippen LogP contribution in [0.2, 0.25) is 0 Å². The van der Waals surface area contributed by atoms with E-state index in [9.17, 15) is 18.0 Å². The van der Waals surface area contributed by atoms with Gasteiger partial charge in [-0.1, -0.05) is 18.2 Å². The Hall–Kier alpha value is -2.38. The molecule has 0 bridgehead atoms. The summed E-state index contributed by atoms with van der Waals surface area (Å²) in [6.45, 7) is 3.98. The molecule has 1 atom stereocenters. The highest BCUT2D eigenvalue weighted by Gasteiger charge is 2.31. The molecule has 2 aliphatic heterocycles. The highest BCUT2D eigenvalue weighted by Crippen LogP contribution is 2.31. The van der Waals surface area contributed by atoms with Crippen molar-refractivity contribution in [3.63, 3.8) is 0 Å². The summed E-state index contributed by atoms with van der Waals surface area (Å²) in [5.41, 5.74) is 2.69. The number of hydrogen-bond donors (Lipinski definition) is 2. The van der Waals surface area contributed by atoms with Crippen molar-refractivity contribution < 1.29 is 18.0 Å². The smallest absolute Gasteiger partial charge is 0.348 e. The standard InChI is InChI=1S/C21H22F3N3O/c22-21(23,24)17-3-1-2-14(10-17)12-26-20(28)16-4-5-18-15(11-16)6-8-27-9-7-25-13-19(18)27/h1-5,10-11,19,25H,6-9,12-13H2,(H,26,28). The number of carbonyl (C=O) groups excluding carboxylic acids is 1. The number of benzene rings is 2. The predicted octanol–water partition coefficient (Wildman–Crippen LogP) is 3.14. The molecule has 2 aromatic rings. The summed E-state index contributed by atoms with van der Waals surface area (Å²) in [7, 11) is 0. The van der Waals surface area contributed by atoms with Gasteiger partial charge in [-0.05, 0) is 47.4 Å². The topological polar surface area (TPSA) is 44.4 Å². The molecule has 0 spiro atoms. The second-order valence-corrected chi connectivity index (χ2v) is 7.30. The van der Waals surface area contributed by atoms with E-state index in [1.807, 2.05) is 12.1 Å². The van der Waals surface area contributed by atoms with Crippen molar-refractivity contribution in [1.29, 1.82) is 0 Å². The quantitative estimate of drug-likeness (QED) is 0.848. The minimum absolute atomic E-state index is 0.0557. The molecule has 1 unspecified atom stereocenters.